The number of benzene rings is 1. The summed E-state index contributed by atoms with van der Waals surface area (Å²) in [6.07, 6.45) is 4.73. The van der Waals surface area contributed by atoms with E-state index in [1.807, 2.05) is 0 Å². The van der Waals surface area contributed by atoms with E-state index in [1.54, 1.807) is 25.1 Å². The van der Waals surface area contributed by atoms with E-state index in [1.165, 1.54) is 12.8 Å². The highest BCUT2D eigenvalue weighted by Gasteiger charge is 2.20. The number of halogens is 1. The normalized spacial score (nSPS) is 15.7. The molecular formula is C14H18ClNO2. The van der Waals surface area contributed by atoms with Crippen LogP contribution in [-0.2, 0) is 4.74 Å². The lowest BCUT2D eigenvalue weighted by molar-refractivity contribution is 0.0527. The van der Waals surface area contributed by atoms with Crippen molar-refractivity contribution in [2.24, 2.45) is 0 Å². The topological polar surface area (TPSA) is 38.3 Å². The Morgan fingerprint density at radius 3 is 2.83 bits per heavy atom. The summed E-state index contributed by atoms with van der Waals surface area (Å²) in [5, 5.41) is 3.96. The summed E-state index contributed by atoms with van der Waals surface area (Å²) in [6.45, 7) is 2.17. The molecule has 1 saturated carbocycles. The Labute approximate surface area is 112 Å². The molecular weight excluding hydrogens is 250 g/mol. The average Bonchev–Trinajstić information content (AvgIpc) is 2.85. The van der Waals surface area contributed by atoms with Crippen molar-refractivity contribution in [2.75, 3.05) is 11.9 Å². The minimum atomic E-state index is -0.319. The largest absolute Gasteiger partial charge is 0.462 e. The van der Waals surface area contributed by atoms with Gasteiger partial charge in [-0.25, -0.2) is 4.79 Å². The van der Waals surface area contributed by atoms with Crippen LogP contribution in [0.1, 0.15) is 43.0 Å². The van der Waals surface area contributed by atoms with Crippen molar-refractivity contribution in [1.82, 2.24) is 0 Å². The van der Waals surface area contributed by atoms with Gasteiger partial charge in [0, 0.05) is 6.04 Å². The van der Waals surface area contributed by atoms with Gasteiger partial charge >= 0.3 is 5.97 Å². The van der Waals surface area contributed by atoms with Crippen molar-refractivity contribution in [3.05, 3.63) is 28.8 Å². The summed E-state index contributed by atoms with van der Waals surface area (Å²) in [6, 6.07) is 5.73. The van der Waals surface area contributed by atoms with Gasteiger partial charge in [0.15, 0.2) is 0 Å². The lowest BCUT2D eigenvalue weighted by atomic mass is 10.1. The summed E-state index contributed by atoms with van der Waals surface area (Å²) in [5.74, 6) is -0.319. The van der Waals surface area contributed by atoms with Gasteiger partial charge in [0.25, 0.3) is 0 Å². The first kappa shape index (κ1) is 13.2. The summed E-state index contributed by atoms with van der Waals surface area (Å²) in [5.41, 5.74) is 1.24. The van der Waals surface area contributed by atoms with E-state index in [9.17, 15) is 4.79 Å². The summed E-state index contributed by atoms with van der Waals surface area (Å²) in [7, 11) is 0. The molecule has 4 heteroatoms. The number of nitrogens with one attached hydrogen (secondary N) is 1. The lowest BCUT2D eigenvalue weighted by Gasteiger charge is -2.17. The molecule has 98 valence electrons. The van der Waals surface area contributed by atoms with Gasteiger partial charge in [-0.2, -0.15) is 0 Å². The Bertz CT molecular complexity index is 428. The van der Waals surface area contributed by atoms with Crippen LogP contribution in [0.2, 0.25) is 5.02 Å². The van der Waals surface area contributed by atoms with E-state index in [2.05, 4.69) is 5.32 Å². The van der Waals surface area contributed by atoms with E-state index in [-0.39, 0.29) is 5.97 Å². The highest BCUT2D eigenvalue weighted by molar-refractivity contribution is 6.34. The quantitative estimate of drug-likeness (QED) is 0.842. The number of carbonyl (C=O) groups excluding carboxylic acids is 1. The number of anilines is 1. The molecule has 0 atom stereocenters. The molecule has 1 aromatic rings. The lowest BCUT2D eigenvalue weighted by Crippen LogP contribution is -2.18. The number of hydrogen-bond acceptors (Lipinski definition) is 3. The van der Waals surface area contributed by atoms with Gasteiger partial charge in [0.1, 0.15) is 0 Å². The van der Waals surface area contributed by atoms with Crippen LogP contribution >= 0.6 is 11.6 Å². The Kier molecular flexibility index (Phi) is 4.48. The molecule has 2 rings (SSSR count). The van der Waals surface area contributed by atoms with E-state index in [4.69, 9.17) is 16.3 Å². The van der Waals surface area contributed by atoms with Crippen LogP contribution in [0.15, 0.2) is 18.2 Å². The van der Waals surface area contributed by atoms with Gasteiger partial charge in [-0.15, -0.1) is 0 Å². The van der Waals surface area contributed by atoms with E-state index >= 15 is 0 Å². The van der Waals surface area contributed by atoms with Crippen LogP contribution < -0.4 is 5.32 Å². The fraction of sp³-hybridized carbons (Fsp3) is 0.500. The highest BCUT2D eigenvalue weighted by atomic mass is 35.5. The molecule has 1 aliphatic carbocycles. The number of carbonyl (C=O) groups is 1. The molecule has 0 radical (unpaired) electrons. The fourth-order valence-electron chi connectivity index (χ4n) is 2.32. The molecule has 1 fully saturated rings. The minimum absolute atomic E-state index is 0.319. The van der Waals surface area contributed by atoms with E-state index in [0.29, 0.717) is 28.9 Å². The second kappa shape index (κ2) is 6.10. The SMILES string of the molecule is CCOC(=O)c1cccc(Cl)c1NC1CCCC1. The molecule has 0 aliphatic heterocycles. The average molecular weight is 268 g/mol. The van der Waals surface area contributed by atoms with Crippen molar-refractivity contribution in [3.8, 4) is 0 Å². The molecule has 0 amide bonds. The van der Waals surface area contributed by atoms with Gasteiger partial charge in [0.2, 0.25) is 0 Å². The predicted molar refractivity (Wildman–Crippen MR) is 73.3 cm³/mol. The van der Waals surface area contributed by atoms with Crippen LogP contribution in [-0.4, -0.2) is 18.6 Å². The minimum Gasteiger partial charge on any atom is -0.462 e. The van der Waals surface area contributed by atoms with Gasteiger partial charge in [-0.05, 0) is 31.9 Å². The highest BCUT2D eigenvalue weighted by Crippen LogP contribution is 2.30. The second-order valence-corrected chi connectivity index (χ2v) is 4.92. The first-order chi connectivity index (χ1) is 8.72. The summed E-state index contributed by atoms with van der Waals surface area (Å²) in [4.78, 5) is 11.9. The summed E-state index contributed by atoms with van der Waals surface area (Å²) >= 11 is 6.18. The smallest absolute Gasteiger partial charge is 0.340 e. The van der Waals surface area contributed by atoms with Crippen LogP contribution in [0.5, 0.6) is 0 Å². The maximum absolute atomic E-state index is 11.9. The van der Waals surface area contributed by atoms with Crippen LogP contribution in [0.3, 0.4) is 0 Å². The van der Waals surface area contributed by atoms with E-state index in [0.717, 1.165) is 12.8 Å². The number of esters is 1. The third kappa shape index (κ3) is 2.96. The molecule has 0 aromatic heterocycles. The van der Waals surface area contributed by atoms with Gasteiger partial charge in [0.05, 0.1) is 22.9 Å². The van der Waals surface area contributed by atoms with Crippen LogP contribution in [0.25, 0.3) is 0 Å². The zero-order valence-corrected chi connectivity index (χ0v) is 11.3. The second-order valence-electron chi connectivity index (χ2n) is 4.51. The van der Waals surface area contributed by atoms with Gasteiger partial charge in [-0.3, -0.25) is 0 Å². The van der Waals surface area contributed by atoms with Crippen LogP contribution in [0.4, 0.5) is 5.69 Å². The van der Waals surface area contributed by atoms with Gasteiger partial charge in [-0.1, -0.05) is 30.5 Å². The molecule has 0 heterocycles. The summed E-state index contributed by atoms with van der Waals surface area (Å²) < 4.78 is 5.05. The maximum Gasteiger partial charge on any atom is 0.340 e. The number of hydrogen-bond donors (Lipinski definition) is 1. The molecule has 3 nitrogen and oxygen atoms in total. The zero-order valence-electron chi connectivity index (χ0n) is 10.5. The molecule has 1 aliphatic rings. The molecule has 1 N–H and O–H groups in total. The molecule has 0 unspecified atom stereocenters. The van der Waals surface area contributed by atoms with Crippen molar-refractivity contribution in [1.29, 1.82) is 0 Å². The Morgan fingerprint density at radius 1 is 1.44 bits per heavy atom. The molecule has 0 saturated heterocycles. The van der Waals surface area contributed by atoms with Crippen LogP contribution in [0, 0.1) is 0 Å². The van der Waals surface area contributed by atoms with Crippen molar-refractivity contribution >= 4 is 23.3 Å². The molecule has 1 aromatic carbocycles. The first-order valence-electron chi connectivity index (χ1n) is 6.44. The van der Waals surface area contributed by atoms with Crippen molar-refractivity contribution in [3.63, 3.8) is 0 Å². The number of ether oxygens (including phenoxy) is 1. The predicted octanol–water partition coefficient (Wildman–Crippen LogP) is 3.87. The van der Waals surface area contributed by atoms with Gasteiger partial charge < -0.3 is 10.1 Å². The number of para-hydroxylation sites is 1. The third-order valence-corrected chi connectivity index (χ3v) is 3.53. The Balaban J connectivity index is 2.22. The Morgan fingerprint density at radius 2 is 2.17 bits per heavy atom. The van der Waals surface area contributed by atoms with Crippen molar-refractivity contribution < 1.29 is 9.53 Å². The first-order valence-corrected chi connectivity index (χ1v) is 6.82. The molecule has 0 bridgehead atoms. The number of rotatable bonds is 4. The fourth-order valence-corrected chi connectivity index (χ4v) is 2.55. The Hall–Kier alpha value is -1.22. The molecule has 18 heavy (non-hydrogen) atoms. The third-order valence-electron chi connectivity index (χ3n) is 3.21. The monoisotopic (exact) mass is 267 g/mol. The van der Waals surface area contributed by atoms with E-state index < -0.39 is 0 Å². The standard InChI is InChI=1S/C14H18ClNO2/c1-2-18-14(17)11-8-5-9-12(15)13(11)16-10-6-3-4-7-10/h5,8-10,16H,2-4,6-7H2,1H3. The molecule has 0 spiro atoms. The zero-order chi connectivity index (χ0) is 13.0. The van der Waals surface area contributed by atoms with Crippen molar-refractivity contribution in [2.45, 2.75) is 38.6 Å². The maximum atomic E-state index is 11.9.